The highest BCUT2D eigenvalue weighted by atomic mass is 79.9. The lowest BCUT2D eigenvalue weighted by atomic mass is 10.2. The molecule has 0 aromatic heterocycles. The number of halogens is 2. The summed E-state index contributed by atoms with van der Waals surface area (Å²) in [6.45, 7) is 4.54. The predicted octanol–water partition coefficient (Wildman–Crippen LogP) is 1.58. The van der Waals surface area contributed by atoms with Crippen molar-refractivity contribution >= 4 is 15.9 Å². The fraction of sp³-hybridized carbons (Fsp3) is 0.538. The fourth-order valence-electron chi connectivity index (χ4n) is 2.14. The Morgan fingerprint density at radius 1 is 1.56 bits per heavy atom. The third-order valence-electron chi connectivity index (χ3n) is 3.35. The number of hydrogen-bond donors (Lipinski definition) is 2. The second-order valence-corrected chi connectivity index (χ2v) is 5.62. The summed E-state index contributed by atoms with van der Waals surface area (Å²) in [7, 11) is 2.13. The first-order valence-corrected chi connectivity index (χ1v) is 7.01. The maximum atomic E-state index is 13.5. The lowest BCUT2D eigenvalue weighted by Crippen LogP contribution is -2.53. The largest absolute Gasteiger partial charge is 0.314 e. The van der Waals surface area contributed by atoms with Crippen LogP contribution in [-0.4, -0.2) is 44.2 Å². The van der Waals surface area contributed by atoms with E-state index in [4.69, 9.17) is 0 Å². The first-order valence-electron chi connectivity index (χ1n) is 6.22. The first kappa shape index (κ1) is 13.9. The lowest BCUT2D eigenvalue weighted by molar-refractivity contribution is 0.195. The molecule has 3 nitrogen and oxygen atoms in total. The minimum Gasteiger partial charge on any atom is -0.314 e. The Bertz CT molecular complexity index is 400. The van der Waals surface area contributed by atoms with Gasteiger partial charge in [0.2, 0.25) is 0 Å². The highest BCUT2D eigenvalue weighted by molar-refractivity contribution is 9.10. The molecular formula is C13H19BrFN3. The van der Waals surface area contributed by atoms with Crippen LogP contribution in [0.2, 0.25) is 0 Å². The van der Waals surface area contributed by atoms with Gasteiger partial charge in [0.15, 0.2) is 0 Å². The Kier molecular flexibility index (Phi) is 5.12. The van der Waals surface area contributed by atoms with Crippen LogP contribution in [0.15, 0.2) is 22.7 Å². The molecule has 0 radical (unpaired) electrons. The molecule has 1 aliphatic heterocycles. The third kappa shape index (κ3) is 3.75. The summed E-state index contributed by atoms with van der Waals surface area (Å²) in [4.78, 5) is 2.33. The van der Waals surface area contributed by atoms with Crippen molar-refractivity contribution in [2.45, 2.75) is 12.6 Å². The molecule has 0 bridgehead atoms. The fourth-order valence-corrected chi connectivity index (χ4v) is 2.55. The van der Waals surface area contributed by atoms with Crippen LogP contribution >= 0.6 is 15.9 Å². The molecule has 1 aliphatic rings. The summed E-state index contributed by atoms with van der Waals surface area (Å²) < 4.78 is 14.4. The molecule has 18 heavy (non-hydrogen) atoms. The van der Waals surface area contributed by atoms with Gasteiger partial charge in [-0.1, -0.05) is 15.9 Å². The van der Waals surface area contributed by atoms with Crippen molar-refractivity contribution in [1.82, 2.24) is 15.5 Å². The molecule has 0 amide bonds. The molecule has 0 spiro atoms. The molecule has 1 atom stereocenters. The molecule has 0 aliphatic carbocycles. The van der Waals surface area contributed by atoms with E-state index in [9.17, 15) is 4.39 Å². The van der Waals surface area contributed by atoms with Crippen LogP contribution in [0, 0.1) is 5.82 Å². The maximum Gasteiger partial charge on any atom is 0.127 e. The second-order valence-electron chi connectivity index (χ2n) is 4.71. The maximum absolute atomic E-state index is 13.5. The smallest absolute Gasteiger partial charge is 0.127 e. The minimum atomic E-state index is -0.152. The zero-order valence-electron chi connectivity index (χ0n) is 10.5. The number of likely N-dealkylation sites (N-methyl/N-ethyl adjacent to an activating group) is 1. The molecule has 2 N–H and O–H groups in total. The molecule has 100 valence electrons. The zero-order chi connectivity index (χ0) is 13.0. The van der Waals surface area contributed by atoms with Crippen molar-refractivity contribution < 1.29 is 4.39 Å². The Balaban J connectivity index is 1.82. The SMILES string of the molecule is CN1CCNCC1CNCc1cc(Br)ccc1F. The standard InChI is InChI=1S/C13H19BrFN3/c1-18-5-4-16-8-12(18)9-17-7-10-6-11(14)2-3-13(10)15/h2-3,6,12,16-17H,4-5,7-9H2,1H3. The normalized spacial score (nSPS) is 21.2. The summed E-state index contributed by atoms with van der Waals surface area (Å²) in [6.07, 6.45) is 0. The molecule has 1 unspecified atom stereocenters. The average molecular weight is 316 g/mol. The van der Waals surface area contributed by atoms with Crippen LogP contribution in [0.4, 0.5) is 4.39 Å². The van der Waals surface area contributed by atoms with Crippen LogP contribution in [-0.2, 0) is 6.54 Å². The average Bonchev–Trinajstić information content (AvgIpc) is 2.36. The summed E-state index contributed by atoms with van der Waals surface area (Å²) >= 11 is 3.36. The summed E-state index contributed by atoms with van der Waals surface area (Å²) in [5, 5.41) is 6.70. The second kappa shape index (κ2) is 6.61. The minimum absolute atomic E-state index is 0.152. The Morgan fingerprint density at radius 3 is 3.17 bits per heavy atom. The van der Waals surface area contributed by atoms with Crippen LogP contribution in [0.1, 0.15) is 5.56 Å². The highest BCUT2D eigenvalue weighted by Gasteiger charge is 2.17. The van der Waals surface area contributed by atoms with Crippen molar-refractivity contribution in [3.05, 3.63) is 34.1 Å². The van der Waals surface area contributed by atoms with E-state index in [2.05, 4.69) is 38.5 Å². The molecular weight excluding hydrogens is 297 g/mol. The van der Waals surface area contributed by atoms with Gasteiger partial charge in [-0.05, 0) is 25.2 Å². The van der Waals surface area contributed by atoms with E-state index >= 15 is 0 Å². The van der Waals surface area contributed by atoms with Gasteiger partial charge in [-0.3, -0.25) is 4.90 Å². The van der Waals surface area contributed by atoms with Crippen molar-refractivity contribution in [3.63, 3.8) is 0 Å². The quantitative estimate of drug-likeness (QED) is 0.883. The number of benzene rings is 1. The highest BCUT2D eigenvalue weighted by Crippen LogP contribution is 2.15. The number of nitrogens with zero attached hydrogens (tertiary/aromatic N) is 1. The van der Waals surface area contributed by atoms with Crippen LogP contribution in [0.3, 0.4) is 0 Å². The summed E-state index contributed by atoms with van der Waals surface area (Å²) in [5.41, 5.74) is 0.704. The van der Waals surface area contributed by atoms with Crippen molar-refractivity contribution in [1.29, 1.82) is 0 Å². The topological polar surface area (TPSA) is 27.3 Å². The van der Waals surface area contributed by atoms with E-state index in [-0.39, 0.29) is 5.82 Å². The van der Waals surface area contributed by atoms with Gasteiger partial charge in [0, 0.05) is 48.8 Å². The summed E-state index contributed by atoms with van der Waals surface area (Å²) in [6, 6.07) is 5.52. The van der Waals surface area contributed by atoms with Gasteiger partial charge in [0.05, 0.1) is 0 Å². The van der Waals surface area contributed by atoms with Gasteiger partial charge < -0.3 is 10.6 Å². The van der Waals surface area contributed by atoms with Crippen LogP contribution in [0.25, 0.3) is 0 Å². The van der Waals surface area contributed by atoms with Crippen LogP contribution < -0.4 is 10.6 Å². The van der Waals surface area contributed by atoms with E-state index in [1.165, 1.54) is 6.07 Å². The molecule has 0 saturated carbocycles. The zero-order valence-corrected chi connectivity index (χ0v) is 12.1. The number of piperazine rings is 1. The van der Waals surface area contributed by atoms with E-state index in [0.29, 0.717) is 18.2 Å². The molecule has 2 rings (SSSR count). The molecule has 1 saturated heterocycles. The monoisotopic (exact) mass is 315 g/mol. The van der Waals surface area contributed by atoms with Crippen molar-refractivity contribution in [3.8, 4) is 0 Å². The first-order chi connectivity index (χ1) is 8.66. The molecule has 1 aromatic rings. The van der Waals surface area contributed by atoms with Crippen LogP contribution in [0.5, 0.6) is 0 Å². The van der Waals surface area contributed by atoms with E-state index in [1.54, 1.807) is 6.07 Å². The van der Waals surface area contributed by atoms with E-state index in [0.717, 1.165) is 30.7 Å². The Labute approximate surface area is 116 Å². The van der Waals surface area contributed by atoms with E-state index in [1.807, 2.05) is 6.07 Å². The van der Waals surface area contributed by atoms with Gasteiger partial charge in [0.25, 0.3) is 0 Å². The lowest BCUT2D eigenvalue weighted by Gasteiger charge is -2.33. The number of nitrogens with one attached hydrogen (secondary N) is 2. The molecule has 1 fully saturated rings. The molecule has 5 heteroatoms. The van der Waals surface area contributed by atoms with Crippen molar-refractivity contribution in [2.24, 2.45) is 0 Å². The molecule has 1 heterocycles. The van der Waals surface area contributed by atoms with Gasteiger partial charge in [0.1, 0.15) is 5.82 Å². The van der Waals surface area contributed by atoms with Crippen molar-refractivity contribution in [2.75, 3.05) is 33.2 Å². The van der Waals surface area contributed by atoms with Gasteiger partial charge in [-0.15, -0.1) is 0 Å². The number of rotatable bonds is 4. The Morgan fingerprint density at radius 2 is 2.39 bits per heavy atom. The number of hydrogen-bond acceptors (Lipinski definition) is 3. The van der Waals surface area contributed by atoms with Gasteiger partial charge in [-0.25, -0.2) is 4.39 Å². The van der Waals surface area contributed by atoms with Gasteiger partial charge in [-0.2, -0.15) is 0 Å². The van der Waals surface area contributed by atoms with Gasteiger partial charge >= 0.3 is 0 Å². The summed E-state index contributed by atoms with van der Waals surface area (Å²) in [5.74, 6) is -0.152. The Hall–Kier alpha value is -0.490. The van der Waals surface area contributed by atoms with E-state index < -0.39 is 0 Å². The predicted molar refractivity (Wildman–Crippen MR) is 75.1 cm³/mol. The third-order valence-corrected chi connectivity index (χ3v) is 3.84. The molecule has 1 aromatic carbocycles.